The minimum absolute atomic E-state index is 0.128. The van der Waals surface area contributed by atoms with Crippen molar-refractivity contribution in [2.75, 3.05) is 33.7 Å². The third kappa shape index (κ3) is 5.49. The monoisotopic (exact) mass is 254 g/mol. The third-order valence-electron chi connectivity index (χ3n) is 3.97. The van der Waals surface area contributed by atoms with Crippen molar-refractivity contribution in [3.63, 3.8) is 0 Å². The van der Waals surface area contributed by atoms with E-state index in [1.54, 1.807) is 0 Å². The Morgan fingerprint density at radius 3 is 2.56 bits per heavy atom. The first-order valence-corrected chi connectivity index (χ1v) is 7.56. The van der Waals surface area contributed by atoms with Gasteiger partial charge in [-0.05, 0) is 40.0 Å². The van der Waals surface area contributed by atoms with Gasteiger partial charge in [0.05, 0.1) is 6.04 Å². The van der Waals surface area contributed by atoms with Crippen LogP contribution < -0.4 is 0 Å². The van der Waals surface area contributed by atoms with Gasteiger partial charge in [0.2, 0.25) is 0 Å². The average molecular weight is 254 g/mol. The molecule has 1 saturated heterocycles. The summed E-state index contributed by atoms with van der Waals surface area (Å²) in [6, 6.07) is 0.128. The van der Waals surface area contributed by atoms with Crippen LogP contribution in [0.5, 0.6) is 0 Å². The Hall–Kier alpha value is -0.410. The predicted molar refractivity (Wildman–Crippen MR) is 76.9 cm³/mol. The quantitative estimate of drug-likeness (QED) is 0.652. The molecule has 0 aromatic rings. The van der Waals surface area contributed by atoms with Crippen LogP contribution in [0, 0.1) is 0 Å². The number of hydrogen-bond acceptors (Lipinski definition) is 3. The van der Waals surface area contributed by atoms with Gasteiger partial charge in [0.15, 0.2) is 5.78 Å². The van der Waals surface area contributed by atoms with Crippen LogP contribution in [-0.2, 0) is 4.79 Å². The van der Waals surface area contributed by atoms with E-state index in [-0.39, 0.29) is 6.04 Å². The molecule has 3 heteroatoms. The first-order valence-electron chi connectivity index (χ1n) is 7.56. The third-order valence-corrected chi connectivity index (χ3v) is 3.97. The molecule has 0 amide bonds. The number of carbonyl (C=O) groups excluding carboxylic acids is 1. The number of hydrogen-bond donors (Lipinski definition) is 0. The van der Waals surface area contributed by atoms with E-state index in [1.807, 2.05) is 0 Å². The van der Waals surface area contributed by atoms with Crippen molar-refractivity contribution < 1.29 is 4.79 Å². The zero-order valence-electron chi connectivity index (χ0n) is 12.5. The number of ketones is 1. The van der Waals surface area contributed by atoms with Gasteiger partial charge < -0.3 is 4.90 Å². The molecule has 1 atom stereocenters. The standard InChI is InChI=1S/C15H30N2O/c1-4-5-6-7-8-10-15(18)14-13-16(2)11-9-12-17(14)3/h14H,4-13H2,1-3H3. The molecular weight excluding hydrogens is 224 g/mol. The molecule has 1 aliphatic heterocycles. The Bertz CT molecular complexity index is 243. The largest absolute Gasteiger partial charge is 0.304 e. The summed E-state index contributed by atoms with van der Waals surface area (Å²) in [7, 11) is 4.22. The molecule has 1 rings (SSSR count). The first-order chi connectivity index (χ1) is 8.65. The molecule has 0 aromatic heterocycles. The zero-order valence-corrected chi connectivity index (χ0v) is 12.5. The fraction of sp³-hybridized carbons (Fsp3) is 0.933. The highest BCUT2D eigenvalue weighted by molar-refractivity contribution is 5.84. The maximum Gasteiger partial charge on any atom is 0.151 e. The van der Waals surface area contributed by atoms with E-state index < -0.39 is 0 Å². The van der Waals surface area contributed by atoms with Gasteiger partial charge in [-0.15, -0.1) is 0 Å². The molecule has 18 heavy (non-hydrogen) atoms. The molecule has 0 spiro atoms. The molecular formula is C15H30N2O. The van der Waals surface area contributed by atoms with E-state index in [0.29, 0.717) is 5.78 Å². The van der Waals surface area contributed by atoms with E-state index in [4.69, 9.17) is 0 Å². The van der Waals surface area contributed by atoms with Gasteiger partial charge in [-0.1, -0.05) is 32.6 Å². The van der Waals surface area contributed by atoms with E-state index in [9.17, 15) is 4.79 Å². The molecule has 0 N–H and O–H groups in total. The van der Waals surface area contributed by atoms with Crippen molar-refractivity contribution in [3.05, 3.63) is 0 Å². The van der Waals surface area contributed by atoms with Crippen LogP contribution in [0.1, 0.15) is 51.9 Å². The molecule has 3 nitrogen and oxygen atoms in total. The van der Waals surface area contributed by atoms with Gasteiger partial charge in [-0.3, -0.25) is 9.69 Å². The molecule has 1 aliphatic rings. The smallest absolute Gasteiger partial charge is 0.151 e. The van der Waals surface area contributed by atoms with Gasteiger partial charge in [0.25, 0.3) is 0 Å². The fourth-order valence-corrected chi connectivity index (χ4v) is 2.69. The second kappa shape index (κ2) is 8.65. The summed E-state index contributed by atoms with van der Waals surface area (Å²) >= 11 is 0. The molecule has 0 bridgehead atoms. The van der Waals surface area contributed by atoms with Gasteiger partial charge in [0.1, 0.15) is 0 Å². The second-order valence-electron chi connectivity index (χ2n) is 5.74. The van der Waals surface area contributed by atoms with Crippen molar-refractivity contribution in [2.24, 2.45) is 0 Å². The van der Waals surface area contributed by atoms with E-state index in [0.717, 1.165) is 32.5 Å². The number of rotatable bonds is 7. The van der Waals surface area contributed by atoms with Crippen LogP contribution in [0.3, 0.4) is 0 Å². The topological polar surface area (TPSA) is 23.6 Å². The summed E-state index contributed by atoms with van der Waals surface area (Å²) in [6.45, 7) is 5.30. The van der Waals surface area contributed by atoms with Crippen molar-refractivity contribution in [2.45, 2.75) is 57.9 Å². The summed E-state index contributed by atoms with van der Waals surface area (Å²) in [5.41, 5.74) is 0. The van der Waals surface area contributed by atoms with Gasteiger partial charge in [-0.2, -0.15) is 0 Å². The molecule has 0 aromatic carbocycles. The second-order valence-corrected chi connectivity index (χ2v) is 5.74. The predicted octanol–water partition coefficient (Wildman–Crippen LogP) is 2.55. The maximum absolute atomic E-state index is 12.3. The van der Waals surface area contributed by atoms with Gasteiger partial charge in [0, 0.05) is 13.0 Å². The molecule has 1 unspecified atom stereocenters. The Labute approximate surface area is 113 Å². The highest BCUT2D eigenvalue weighted by Gasteiger charge is 2.25. The first kappa shape index (κ1) is 15.6. The Morgan fingerprint density at radius 2 is 1.83 bits per heavy atom. The maximum atomic E-state index is 12.3. The fourth-order valence-electron chi connectivity index (χ4n) is 2.69. The van der Waals surface area contributed by atoms with E-state index >= 15 is 0 Å². The Balaban J connectivity index is 2.29. The summed E-state index contributed by atoms with van der Waals surface area (Å²) in [4.78, 5) is 16.8. The molecule has 0 saturated carbocycles. The van der Waals surface area contributed by atoms with Crippen LogP contribution in [-0.4, -0.2) is 55.4 Å². The lowest BCUT2D eigenvalue weighted by Gasteiger charge is -2.26. The minimum atomic E-state index is 0.128. The lowest BCUT2D eigenvalue weighted by molar-refractivity contribution is -0.124. The number of nitrogens with zero attached hydrogens (tertiary/aromatic N) is 2. The van der Waals surface area contributed by atoms with Crippen molar-refractivity contribution in [1.82, 2.24) is 9.80 Å². The summed E-state index contributed by atoms with van der Waals surface area (Å²) in [6.07, 6.45) is 8.09. The van der Waals surface area contributed by atoms with Crippen LogP contribution in [0.25, 0.3) is 0 Å². The van der Waals surface area contributed by atoms with Gasteiger partial charge >= 0.3 is 0 Å². The van der Waals surface area contributed by atoms with Crippen molar-refractivity contribution in [3.8, 4) is 0 Å². The summed E-state index contributed by atoms with van der Waals surface area (Å²) in [5.74, 6) is 0.447. The normalized spacial score (nSPS) is 22.9. The molecule has 1 fully saturated rings. The van der Waals surface area contributed by atoms with Crippen LogP contribution in [0.4, 0.5) is 0 Å². The molecule has 0 radical (unpaired) electrons. The average Bonchev–Trinajstić information content (AvgIpc) is 2.51. The van der Waals surface area contributed by atoms with Crippen LogP contribution in [0.15, 0.2) is 0 Å². The van der Waals surface area contributed by atoms with Crippen molar-refractivity contribution >= 4 is 5.78 Å². The van der Waals surface area contributed by atoms with E-state index in [1.165, 1.54) is 32.1 Å². The number of carbonyl (C=O) groups is 1. The summed E-state index contributed by atoms with van der Waals surface area (Å²) in [5, 5.41) is 0. The zero-order chi connectivity index (χ0) is 13.4. The van der Waals surface area contributed by atoms with E-state index in [2.05, 4.69) is 30.8 Å². The highest BCUT2D eigenvalue weighted by atomic mass is 16.1. The molecule has 1 heterocycles. The lowest BCUT2D eigenvalue weighted by Crippen LogP contribution is -2.43. The molecule has 106 valence electrons. The Kier molecular flexibility index (Phi) is 7.52. The number of Topliss-reactive ketones (excluding diaryl/α,β-unsaturated/α-hetero) is 1. The number of likely N-dealkylation sites (N-methyl/N-ethyl adjacent to an activating group) is 2. The summed E-state index contributed by atoms with van der Waals surface area (Å²) < 4.78 is 0. The van der Waals surface area contributed by atoms with Gasteiger partial charge in [-0.25, -0.2) is 0 Å². The van der Waals surface area contributed by atoms with Crippen LogP contribution in [0.2, 0.25) is 0 Å². The van der Waals surface area contributed by atoms with Crippen LogP contribution >= 0.6 is 0 Å². The lowest BCUT2D eigenvalue weighted by atomic mass is 10.0. The highest BCUT2D eigenvalue weighted by Crippen LogP contribution is 2.12. The minimum Gasteiger partial charge on any atom is -0.304 e. The SMILES string of the molecule is CCCCCCCC(=O)C1CN(C)CCCN1C. The van der Waals surface area contributed by atoms with Crippen molar-refractivity contribution in [1.29, 1.82) is 0 Å². The number of unbranched alkanes of at least 4 members (excludes halogenated alkanes) is 4. The molecule has 0 aliphatic carbocycles. The Morgan fingerprint density at radius 1 is 1.11 bits per heavy atom.